The van der Waals surface area contributed by atoms with Crippen molar-refractivity contribution < 1.29 is 4.79 Å². The van der Waals surface area contributed by atoms with Gasteiger partial charge in [-0.25, -0.2) is 0 Å². The van der Waals surface area contributed by atoms with Gasteiger partial charge in [0.25, 0.3) is 0 Å². The van der Waals surface area contributed by atoms with Gasteiger partial charge < -0.3 is 11.1 Å². The van der Waals surface area contributed by atoms with Gasteiger partial charge in [-0.3, -0.25) is 4.79 Å². The van der Waals surface area contributed by atoms with Crippen LogP contribution in [0.1, 0.15) is 64.7 Å². The second-order valence-corrected chi connectivity index (χ2v) is 5.39. The standard InChI is InChI=1S/C14H28N2O/c1-2-3-4-10-16-14(17)9-8-12-6-5-7-13(15)11-12/h12-13H,2-11,15H2,1H3,(H,16,17). The monoisotopic (exact) mass is 240 g/mol. The minimum atomic E-state index is 0.222. The highest BCUT2D eigenvalue weighted by molar-refractivity contribution is 5.75. The van der Waals surface area contributed by atoms with Gasteiger partial charge in [0, 0.05) is 19.0 Å². The first-order chi connectivity index (χ1) is 8.22. The number of hydrogen-bond acceptors (Lipinski definition) is 2. The maximum Gasteiger partial charge on any atom is 0.220 e. The lowest BCUT2D eigenvalue weighted by molar-refractivity contribution is -0.121. The maximum atomic E-state index is 11.6. The molecule has 3 heteroatoms. The Hall–Kier alpha value is -0.570. The molecule has 3 N–H and O–H groups in total. The van der Waals surface area contributed by atoms with E-state index in [0.717, 1.165) is 25.8 Å². The fourth-order valence-electron chi connectivity index (χ4n) is 2.62. The maximum absolute atomic E-state index is 11.6. The smallest absolute Gasteiger partial charge is 0.220 e. The summed E-state index contributed by atoms with van der Waals surface area (Å²) in [5.74, 6) is 0.903. The van der Waals surface area contributed by atoms with Crippen LogP contribution in [0.4, 0.5) is 0 Å². The van der Waals surface area contributed by atoms with Gasteiger partial charge in [-0.1, -0.05) is 32.6 Å². The highest BCUT2D eigenvalue weighted by Gasteiger charge is 2.19. The molecule has 0 aliphatic heterocycles. The molecule has 1 aliphatic carbocycles. The van der Waals surface area contributed by atoms with Crippen molar-refractivity contribution in [2.24, 2.45) is 11.7 Å². The van der Waals surface area contributed by atoms with E-state index in [2.05, 4.69) is 12.2 Å². The lowest BCUT2D eigenvalue weighted by Crippen LogP contribution is -2.29. The van der Waals surface area contributed by atoms with Crippen LogP contribution in [0.3, 0.4) is 0 Å². The van der Waals surface area contributed by atoms with E-state index >= 15 is 0 Å². The van der Waals surface area contributed by atoms with Crippen LogP contribution >= 0.6 is 0 Å². The van der Waals surface area contributed by atoms with Gasteiger partial charge in [-0.2, -0.15) is 0 Å². The van der Waals surface area contributed by atoms with E-state index in [-0.39, 0.29) is 5.91 Å². The van der Waals surface area contributed by atoms with E-state index in [1.165, 1.54) is 32.1 Å². The third-order valence-corrected chi connectivity index (χ3v) is 3.71. The number of nitrogens with two attached hydrogens (primary N) is 1. The van der Waals surface area contributed by atoms with Crippen molar-refractivity contribution in [2.75, 3.05) is 6.54 Å². The first-order valence-electron chi connectivity index (χ1n) is 7.24. The zero-order valence-electron chi connectivity index (χ0n) is 11.2. The van der Waals surface area contributed by atoms with Crippen molar-refractivity contribution in [2.45, 2.75) is 70.8 Å². The Kier molecular flexibility index (Phi) is 7.25. The summed E-state index contributed by atoms with van der Waals surface area (Å²) in [5.41, 5.74) is 5.94. The second-order valence-electron chi connectivity index (χ2n) is 5.39. The molecule has 2 atom stereocenters. The number of nitrogens with one attached hydrogen (secondary N) is 1. The third-order valence-electron chi connectivity index (χ3n) is 3.71. The molecule has 2 unspecified atom stereocenters. The molecule has 0 radical (unpaired) electrons. The SMILES string of the molecule is CCCCCNC(=O)CCC1CCCC(N)C1. The van der Waals surface area contributed by atoms with Crippen molar-refractivity contribution in [3.8, 4) is 0 Å². The van der Waals surface area contributed by atoms with E-state index < -0.39 is 0 Å². The van der Waals surface area contributed by atoms with Crippen molar-refractivity contribution in [1.29, 1.82) is 0 Å². The second kappa shape index (κ2) is 8.51. The summed E-state index contributed by atoms with van der Waals surface area (Å²) < 4.78 is 0. The molecule has 17 heavy (non-hydrogen) atoms. The number of hydrogen-bond donors (Lipinski definition) is 2. The van der Waals surface area contributed by atoms with Gasteiger partial charge in [0.05, 0.1) is 0 Å². The Morgan fingerprint density at radius 3 is 2.88 bits per heavy atom. The summed E-state index contributed by atoms with van der Waals surface area (Å²) in [6.07, 6.45) is 10.0. The van der Waals surface area contributed by atoms with Crippen LogP contribution in [0, 0.1) is 5.92 Å². The summed E-state index contributed by atoms with van der Waals surface area (Å²) in [7, 11) is 0. The van der Waals surface area contributed by atoms with Crippen molar-refractivity contribution in [1.82, 2.24) is 5.32 Å². The molecule has 1 fully saturated rings. The molecular weight excluding hydrogens is 212 g/mol. The van der Waals surface area contributed by atoms with Crippen LogP contribution in [-0.2, 0) is 4.79 Å². The molecule has 1 saturated carbocycles. The molecular formula is C14H28N2O. The fraction of sp³-hybridized carbons (Fsp3) is 0.929. The number of carbonyl (C=O) groups excluding carboxylic acids is 1. The van der Waals surface area contributed by atoms with Crippen molar-refractivity contribution >= 4 is 5.91 Å². The first-order valence-corrected chi connectivity index (χ1v) is 7.24. The van der Waals surface area contributed by atoms with Gasteiger partial charge in [-0.15, -0.1) is 0 Å². The molecule has 100 valence electrons. The Labute approximate surface area is 106 Å². The van der Waals surface area contributed by atoms with Gasteiger partial charge in [-0.05, 0) is 31.6 Å². The minimum absolute atomic E-state index is 0.222. The Bertz CT molecular complexity index is 218. The lowest BCUT2D eigenvalue weighted by atomic mass is 9.83. The summed E-state index contributed by atoms with van der Waals surface area (Å²) in [4.78, 5) is 11.6. The molecule has 1 amide bonds. The predicted octanol–water partition coefficient (Wildman–Crippen LogP) is 2.59. The van der Waals surface area contributed by atoms with Gasteiger partial charge in [0.15, 0.2) is 0 Å². The van der Waals surface area contributed by atoms with Gasteiger partial charge >= 0.3 is 0 Å². The number of carbonyl (C=O) groups is 1. The normalized spacial score (nSPS) is 24.6. The van der Waals surface area contributed by atoms with Crippen LogP contribution in [0.25, 0.3) is 0 Å². The van der Waals surface area contributed by atoms with E-state index in [0.29, 0.717) is 18.4 Å². The van der Waals surface area contributed by atoms with Crippen LogP contribution in [0.5, 0.6) is 0 Å². The molecule has 0 bridgehead atoms. The van der Waals surface area contributed by atoms with Crippen LogP contribution in [0.15, 0.2) is 0 Å². The third kappa shape index (κ3) is 6.67. The van der Waals surface area contributed by atoms with E-state index in [1.54, 1.807) is 0 Å². The summed E-state index contributed by atoms with van der Waals surface area (Å²) in [6.45, 7) is 3.02. The molecule has 0 aromatic heterocycles. The molecule has 0 saturated heterocycles. The Morgan fingerprint density at radius 1 is 1.35 bits per heavy atom. The topological polar surface area (TPSA) is 55.1 Å². The highest BCUT2D eigenvalue weighted by atomic mass is 16.1. The zero-order valence-corrected chi connectivity index (χ0v) is 11.2. The Morgan fingerprint density at radius 2 is 2.18 bits per heavy atom. The van der Waals surface area contributed by atoms with Crippen molar-refractivity contribution in [3.63, 3.8) is 0 Å². The molecule has 1 aliphatic rings. The molecule has 3 nitrogen and oxygen atoms in total. The van der Waals surface area contributed by atoms with Crippen LogP contribution < -0.4 is 11.1 Å². The molecule has 0 aromatic carbocycles. The van der Waals surface area contributed by atoms with Gasteiger partial charge in [0.1, 0.15) is 0 Å². The van der Waals surface area contributed by atoms with E-state index in [9.17, 15) is 4.79 Å². The quantitative estimate of drug-likeness (QED) is 0.672. The van der Waals surface area contributed by atoms with Crippen LogP contribution in [0.2, 0.25) is 0 Å². The molecule has 0 heterocycles. The lowest BCUT2D eigenvalue weighted by Gasteiger charge is -2.26. The highest BCUT2D eigenvalue weighted by Crippen LogP contribution is 2.26. The molecule has 1 rings (SSSR count). The number of unbranched alkanes of at least 4 members (excludes halogenated alkanes) is 2. The Balaban J connectivity index is 2.02. The van der Waals surface area contributed by atoms with E-state index in [4.69, 9.17) is 5.73 Å². The summed E-state index contributed by atoms with van der Waals surface area (Å²) >= 11 is 0. The van der Waals surface area contributed by atoms with Gasteiger partial charge in [0.2, 0.25) is 5.91 Å². The van der Waals surface area contributed by atoms with E-state index in [1.807, 2.05) is 0 Å². The first kappa shape index (κ1) is 14.5. The number of amides is 1. The average Bonchev–Trinajstić information content (AvgIpc) is 2.32. The van der Waals surface area contributed by atoms with Crippen molar-refractivity contribution in [3.05, 3.63) is 0 Å². The zero-order chi connectivity index (χ0) is 12.5. The number of rotatable bonds is 7. The predicted molar refractivity (Wildman–Crippen MR) is 71.7 cm³/mol. The summed E-state index contributed by atoms with van der Waals surface area (Å²) in [5, 5.41) is 3.00. The molecule has 0 spiro atoms. The molecule has 0 aromatic rings. The minimum Gasteiger partial charge on any atom is -0.356 e. The van der Waals surface area contributed by atoms with Crippen LogP contribution in [-0.4, -0.2) is 18.5 Å². The fourth-order valence-corrected chi connectivity index (χ4v) is 2.62. The largest absolute Gasteiger partial charge is 0.356 e. The average molecular weight is 240 g/mol. The summed E-state index contributed by atoms with van der Waals surface area (Å²) in [6, 6.07) is 0.376.